The van der Waals surface area contributed by atoms with Gasteiger partial charge in [0.15, 0.2) is 0 Å². The number of halogens is 3. The number of aryl methyl sites for hydroxylation is 1. The van der Waals surface area contributed by atoms with Crippen molar-refractivity contribution in [2.24, 2.45) is 0 Å². The first-order valence-corrected chi connectivity index (χ1v) is 8.57. The fraction of sp³-hybridized carbons (Fsp3) is 0.647. The first-order valence-electron chi connectivity index (χ1n) is 7.81. The monoisotopic (exact) mass is 346 g/mol. The van der Waals surface area contributed by atoms with Crippen molar-refractivity contribution >= 4 is 23.2 Å². The van der Waals surface area contributed by atoms with Crippen molar-refractivity contribution in [3.8, 4) is 0 Å². The summed E-state index contributed by atoms with van der Waals surface area (Å²) in [6.45, 7) is 7.85. The molecule has 2 nitrogen and oxygen atoms in total. The molecule has 3 atom stereocenters. The lowest BCUT2D eigenvalue weighted by Gasteiger charge is -2.41. The van der Waals surface area contributed by atoms with Crippen molar-refractivity contribution in [2.45, 2.75) is 70.9 Å². The molecule has 0 spiro atoms. The molecule has 0 amide bonds. The maximum atomic E-state index is 13.9. The third-order valence-corrected chi connectivity index (χ3v) is 5.25. The number of hydrogen-bond acceptors (Lipinski definition) is 2. The molecular weight excluding hydrogens is 322 g/mol. The zero-order valence-electron chi connectivity index (χ0n) is 13.6. The lowest BCUT2D eigenvalue weighted by Crippen LogP contribution is -2.59. The molecule has 0 bridgehead atoms. The highest BCUT2D eigenvalue weighted by molar-refractivity contribution is 6.35. The molecule has 2 N–H and O–H groups in total. The second kappa shape index (κ2) is 7.04. The normalized spacial score (nSPS) is 23.2. The average Bonchev–Trinajstić information content (AvgIpc) is 2.36. The van der Waals surface area contributed by atoms with Crippen molar-refractivity contribution in [1.82, 2.24) is 10.6 Å². The molecule has 3 unspecified atom stereocenters. The van der Waals surface area contributed by atoms with Gasteiger partial charge in [0.05, 0.1) is 0 Å². The molecule has 124 valence electrons. The Labute approximate surface area is 142 Å². The molecule has 2 rings (SSSR count). The van der Waals surface area contributed by atoms with Gasteiger partial charge in [-0.1, -0.05) is 23.2 Å². The Morgan fingerprint density at radius 3 is 2.41 bits per heavy atom. The minimum absolute atomic E-state index is 0.164. The van der Waals surface area contributed by atoms with Gasteiger partial charge in [0.2, 0.25) is 0 Å². The van der Waals surface area contributed by atoms with E-state index in [-0.39, 0.29) is 6.04 Å². The van der Waals surface area contributed by atoms with E-state index in [9.17, 15) is 4.39 Å². The first-order chi connectivity index (χ1) is 10.2. The highest BCUT2D eigenvalue weighted by atomic mass is 35.5. The van der Waals surface area contributed by atoms with Gasteiger partial charge in [-0.25, -0.2) is 4.39 Å². The molecule has 1 saturated carbocycles. The summed E-state index contributed by atoms with van der Waals surface area (Å²) in [4.78, 5) is 0. The summed E-state index contributed by atoms with van der Waals surface area (Å²) in [5.74, 6) is 0. The van der Waals surface area contributed by atoms with E-state index < -0.39 is 5.67 Å². The highest BCUT2D eigenvalue weighted by Crippen LogP contribution is 2.27. The summed E-state index contributed by atoms with van der Waals surface area (Å²) >= 11 is 12.3. The fourth-order valence-electron chi connectivity index (χ4n) is 2.65. The van der Waals surface area contributed by atoms with E-state index in [1.54, 1.807) is 19.9 Å². The molecule has 0 saturated heterocycles. The number of benzene rings is 1. The second-order valence-corrected chi connectivity index (χ2v) is 7.65. The Kier molecular flexibility index (Phi) is 5.76. The second-order valence-electron chi connectivity index (χ2n) is 6.81. The van der Waals surface area contributed by atoms with Crippen LogP contribution in [-0.4, -0.2) is 23.8 Å². The molecule has 0 aliphatic heterocycles. The Morgan fingerprint density at radius 2 is 1.91 bits per heavy atom. The highest BCUT2D eigenvalue weighted by Gasteiger charge is 2.35. The maximum absolute atomic E-state index is 13.9. The van der Waals surface area contributed by atoms with Crippen LogP contribution in [0.4, 0.5) is 4.39 Å². The lowest BCUT2D eigenvalue weighted by atomic mass is 9.84. The van der Waals surface area contributed by atoms with Crippen molar-refractivity contribution in [2.75, 3.05) is 0 Å². The third kappa shape index (κ3) is 4.35. The summed E-state index contributed by atoms with van der Waals surface area (Å²) in [6.07, 6.45) is 2.17. The lowest BCUT2D eigenvalue weighted by molar-refractivity contribution is 0.121. The van der Waals surface area contributed by atoms with Crippen molar-refractivity contribution in [3.05, 3.63) is 33.3 Å². The van der Waals surface area contributed by atoms with Gasteiger partial charge < -0.3 is 10.6 Å². The van der Waals surface area contributed by atoms with E-state index in [2.05, 4.69) is 10.6 Å². The summed E-state index contributed by atoms with van der Waals surface area (Å²) in [7, 11) is 0. The maximum Gasteiger partial charge on any atom is 0.120 e. The van der Waals surface area contributed by atoms with Gasteiger partial charge in [0, 0.05) is 34.7 Å². The van der Waals surface area contributed by atoms with E-state index in [4.69, 9.17) is 23.2 Å². The molecular formula is C17H25Cl2FN2. The topological polar surface area (TPSA) is 24.1 Å². The molecule has 0 aromatic heterocycles. The van der Waals surface area contributed by atoms with Crippen LogP contribution in [0, 0.1) is 6.92 Å². The van der Waals surface area contributed by atoms with Gasteiger partial charge in [-0.2, -0.15) is 0 Å². The van der Waals surface area contributed by atoms with Crippen molar-refractivity contribution < 1.29 is 4.39 Å². The van der Waals surface area contributed by atoms with Crippen LogP contribution in [0.5, 0.6) is 0 Å². The molecule has 0 radical (unpaired) electrons. The largest absolute Gasteiger partial charge is 0.308 e. The van der Waals surface area contributed by atoms with Crippen LogP contribution >= 0.6 is 23.2 Å². The predicted molar refractivity (Wildman–Crippen MR) is 92.6 cm³/mol. The summed E-state index contributed by atoms with van der Waals surface area (Å²) in [6, 6.07) is 4.21. The van der Waals surface area contributed by atoms with Crippen LogP contribution < -0.4 is 10.6 Å². The minimum Gasteiger partial charge on any atom is -0.308 e. The van der Waals surface area contributed by atoms with Crippen LogP contribution in [0.15, 0.2) is 12.1 Å². The van der Waals surface area contributed by atoms with E-state index in [1.807, 2.05) is 19.9 Å². The Hall–Kier alpha value is -0.350. The van der Waals surface area contributed by atoms with Gasteiger partial charge in [-0.3, -0.25) is 0 Å². The number of hydrogen-bond donors (Lipinski definition) is 2. The van der Waals surface area contributed by atoms with Crippen molar-refractivity contribution in [1.29, 1.82) is 0 Å². The number of rotatable bonds is 6. The van der Waals surface area contributed by atoms with Crippen LogP contribution in [0.25, 0.3) is 0 Å². The average molecular weight is 347 g/mol. The number of alkyl halides is 1. The molecule has 1 aromatic carbocycles. The van der Waals surface area contributed by atoms with E-state index in [1.165, 1.54) is 0 Å². The molecule has 0 heterocycles. The zero-order valence-corrected chi connectivity index (χ0v) is 15.2. The van der Waals surface area contributed by atoms with Gasteiger partial charge in [0.1, 0.15) is 5.67 Å². The third-order valence-electron chi connectivity index (χ3n) is 4.69. The Bertz CT molecular complexity index is 505. The van der Waals surface area contributed by atoms with E-state index >= 15 is 0 Å². The van der Waals surface area contributed by atoms with Crippen LogP contribution in [0.2, 0.25) is 10.0 Å². The van der Waals surface area contributed by atoms with Gasteiger partial charge in [-0.15, -0.1) is 0 Å². The SMILES string of the molecule is Cc1cc(Cl)cc(Cl)c1CNC1CCC1NC(C)C(C)(C)F. The Balaban J connectivity index is 1.90. The quantitative estimate of drug-likeness (QED) is 0.783. The molecule has 1 aromatic rings. The van der Waals surface area contributed by atoms with Crippen molar-refractivity contribution in [3.63, 3.8) is 0 Å². The minimum atomic E-state index is -1.21. The fourth-order valence-corrected chi connectivity index (χ4v) is 3.31. The summed E-state index contributed by atoms with van der Waals surface area (Å²) in [5, 5.41) is 8.27. The smallest absolute Gasteiger partial charge is 0.120 e. The van der Waals surface area contributed by atoms with Gasteiger partial charge in [0.25, 0.3) is 0 Å². The summed E-state index contributed by atoms with van der Waals surface area (Å²) < 4.78 is 13.9. The van der Waals surface area contributed by atoms with Crippen LogP contribution in [-0.2, 0) is 6.54 Å². The van der Waals surface area contributed by atoms with E-state index in [0.29, 0.717) is 28.7 Å². The van der Waals surface area contributed by atoms with Crippen LogP contribution in [0.3, 0.4) is 0 Å². The Morgan fingerprint density at radius 1 is 1.27 bits per heavy atom. The summed E-state index contributed by atoms with van der Waals surface area (Å²) in [5.41, 5.74) is 0.957. The molecule has 5 heteroatoms. The standard InChI is InChI=1S/C17H25Cl2FN2/c1-10-7-12(18)8-14(19)13(10)9-21-15-5-6-16(15)22-11(2)17(3,4)20/h7-8,11,15-16,21-22H,5-6,9H2,1-4H3. The zero-order chi connectivity index (χ0) is 16.5. The van der Waals surface area contributed by atoms with Crippen LogP contribution in [0.1, 0.15) is 44.7 Å². The molecule has 1 fully saturated rings. The predicted octanol–water partition coefficient (Wildman–Crippen LogP) is 4.65. The number of nitrogens with one attached hydrogen (secondary N) is 2. The van der Waals surface area contributed by atoms with Gasteiger partial charge in [-0.05, 0) is 63.8 Å². The first kappa shape index (κ1) is 18.0. The molecule has 22 heavy (non-hydrogen) atoms. The molecule has 1 aliphatic carbocycles. The van der Waals surface area contributed by atoms with Gasteiger partial charge >= 0.3 is 0 Å². The molecule has 1 aliphatic rings. The van der Waals surface area contributed by atoms with E-state index in [0.717, 1.165) is 24.0 Å².